The lowest BCUT2D eigenvalue weighted by atomic mass is 9.89. The van der Waals surface area contributed by atoms with Crippen molar-refractivity contribution in [1.82, 2.24) is 13.7 Å². The van der Waals surface area contributed by atoms with Gasteiger partial charge < -0.3 is 18.4 Å². The van der Waals surface area contributed by atoms with Gasteiger partial charge in [-0.1, -0.05) is 176 Å². The fourth-order valence-electron chi connectivity index (χ4n) is 13.5. The fourth-order valence-corrected chi connectivity index (χ4v) is 13.5. The molecule has 4 heterocycles. The number of benzene rings is 12. The van der Waals surface area contributed by atoms with Crippen LogP contribution >= 0.6 is 0 Å². The molecule has 0 spiro atoms. The lowest BCUT2D eigenvalue weighted by Crippen LogP contribution is -2.18. The normalized spacial score (nSPS) is 14.7. The lowest BCUT2D eigenvalue weighted by Gasteiger charge is -2.20. The third-order valence-electron chi connectivity index (χ3n) is 17.4. The summed E-state index contributed by atoms with van der Waals surface area (Å²) in [4.78, 5) is 0. The van der Waals surface area contributed by atoms with Crippen molar-refractivity contribution in [2.24, 2.45) is 0 Å². The van der Waals surface area contributed by atoms with Crippen LogP contribution in [0.3, 0.4) is 0 Å². The number of allylic oxidation sites excluding steroid dienone is 2. The largest absolute Gasteiger partial charge is 0.485 e. The Hall–Kier alpha value is -10.7. The Morgan fingerprint density at radius 3 is 1.27 bits per heavy atom. The second kappa shape index (κ2) is 18.5. The Bertz CT molecular complexity index is 5130. The van der Waals surface area contributed by atoms with E-state index in [9.17, 15) is 0 Å². The molecule has 17 rings (SSSR count). The first-order valence-electron chi connectivity index (χ1n) is 28.4. The molecule has 2 aliphatic rings. The van der Waals surface area contributed by atoms with E-state index in [0.717, 1.165) is 22.8 Å². The van der Waals surface area contributed by atoms with Gasteiger partial charge in [-0.15, -0.1) is 0 Å². The first-order valence-corrected chi connectivity index (χ1v) is 28.4. The molecule has 0 saturated carbocycles. The number of nitrogens with zero attached hydrogens (tertiary/aromatic N) is 3. The van der Waals surface area contributed by atoms with Gasteiger partial charge in [-0.2, -0.15) is 0 Å². The van der Waals surface area contributed by atoms with Crippen molar-refractivity contribution in [2.45, 2.75) is 12.0 Å². The summed E-state index contributed by atoms with van der Waals surface area (Å²) >= 11 is 0. The Morgan fingerprint density at radius 1 is 0.268 bits per heavy atom. The first-order chi connectivity index (χ1) is 40.6. The summed E-state index contributed by atoms with van der Waals surface area (Å²) in [6.45, 7) is 0. The van der Waals surface area contributed by atoms with Crippen LogP contribution in [-0.2, 0) is 0 Å². The van der Waals surface area contributed by atoms with E-state index in [0.29, 0.717) is 0 Å². The highest BCUT2D eigenvalue weighted by Crippen LogP contribution is 2.47. The van der Waals surface area contributed by atoms with Crippen molar-refractivity contribution in [3.8, 4) is 72.8 Å². The molecule has 0 bridgehead atoms. The quantitative estimate of drug-likeness (QED) is 0.149. The van der Waals surface area contributed by atoms with Crippen molar-refractivity contribution in [3.05, 3.63) is 303 Å². The predicted molar refractivity (Wildman–Crippen MR) is 342 cm³/mol. The Labute approximate surface area is 474 Å². The minimum absolute atomic E-state index is 0.0340. The molecule has 0 radical (unpaired) electrons. The van der Waals surface area contributed by atoms with Crippen molar-refractivity contribution >= 4 is 71.1 Å². The molecule has 384 valence electrons. The fraction of sp³-hybridized carbons (Fsp3) is 0.0256. The molecule has 82 heavy (non-hydrogen) atoms. The zero-order chi connectivity index (χ0) is 53.8. The van der Waals surface area contributed by atoms with E-state index in [2.05, 4.69) is 311 Å². The molecule has 3 aromatic heterocycles. The summed E-state index contributed by atoms with van der Waals surface area (Å²) < 4.78 is 14.0. The molecule has 1 aliphatic heterocycles. The number of hydrogen-bond acceptors (Lipinski definition) is 1. The predicted octanol–water partition coefficient (Wildman–Crippen LogP) is 20.3. The van der Waals surface area contributed by atoms with E-state index >= 15 is 0 Å². The Balaban J connectivity index is 0.743. The minimum Gasteiger partial charge on any atom is -0.485 e. The van der Waals surface area contributed by atoms with Gasteiger partial charge in [0, 0.05) is 60.9 Å². The summed E-state index contributed by atoms with van der Waals surface area (Å²) in [7, 11) is 0. The van der Waals surface area contributed by atoms with E-state index < -0.39 is 0 Å². The van der Waals surface area contributed by atoms with E-state index in [4.69, 9.17) is 4.74 Å². The topological polar surface area (TPSA) is 24.0 Å². The summed E-state index contributed by atoms with van der Waals surface area (Å²) in [5.74, 6) is 0.974. The highest BCUT2D eigenvalue weighted by atomic mass is 16.5. The van der Waals surface area contributed by atoms with Crippen molar-refractivity contribution in [2.75, 3.05) is 0 Å². The highest BCUT2D eigenvalue weighted by Gasteiger charge is 2.34. The van der Waals surface area contributed by atoms with Gasteiger partial charge in [-0.3, -0.25) is 0 Å². The molecular formula is C78H51N3O. The van der Waals surface area contributed by atoms with Gasteiger partial charge in [0.1, 0.15) is 11.9 Å². The highest BCUT2D eigenvalue weighted by molar-refractivity contribution is 6.14. The van der Waals surface area contributed by atoms with Gasteiger partial charge in [-0.05, 0) is 177 Å². The second-order valence-corrected chi connectivity index (χ2v) is 22.0. The monoisotopic (exact) mass is 1050 g/mol. The minimum atomic E-state index is -0.0949. The average molecular weight is 1050 g/mol. The molecule has 0 N–H and O–H groups in total. The van der Waals surface area contributed by atoms with Crippen LogP contribution in [0.2, 0.25) is 0 Å². The van der Waals surface area contributed by atoms with Crippen LogP contribution in [0.5, 0.6) is 5.75 Å². The lowest BCUT2D eigenvalue weighted by molar-refractivity contribution is 0.269. The van der Waals surface area contributed by atoms with E-state index in [1.54, 1.807) is 0 Å². The zero-order valence-electron chi connectivity index (χ0n) is 44.7. The molecule has 1 aliphatic carbocycles. The van der Waals surface area contributed by atoms with Crippen LogP contribution in [0, 0.1) is 0 Å². The molecule has 2 atom stereocenters. The SMILES string of the molecule is C1=CC2Oc3ccc(-c4ccc5c(c4)c4cc(-c6cccc(-c7cccc(-c8ccccc8)c7)c6)ccc4n5-c4ccccc4)cc3C2C=C1n1c2ccccc2c2cc(-n3c4ccccc4c4cc(-c5ccccc5)ccc43)ccc21. The number of fused-ring (bicyclic) bond motifs is 12. The van der Waals surface area contributed by atoms with Gasteiger partial charge in [0.25, 0.3) is 0 Å². The first kappa shape index (κ1) is 46.3. The number of aromatic nitrogens is 3. The van der Waals surface area contributed by atoms with E-state index in [1.807, 2.05) is 0 Å². The molecule has 4 heteroatoms. The Morgan fingerprint density at radius 2 is 0.671 bits per heavy atom. The number of rotatable bonds is 8. The smallest absolute Gasteiger partial charge is 0.128 e. The van der Waals surface area contributed by atoms with Gasteiger partial charge >= 0.3 is 0 Å². The molecular weight excluding hydrogens is 995 g/mol. The third-order valence-corrected chi connectivity index (χ3v) is 17.4. The summed E-state index contributed by atoms with van der Waals surface area (Å²) in [5.41, 5.74) is 23.7. The van der Waals surface area contributed by atoms with Gasteiger partial charge in [-0.25, -0.2) is 0 Å². The third kappa shape index (κ3) is 7.38. The average Bonchev–Trinajstić information content (AvgIpc) is 3.90. The van der Waals surface area contributed by atoms with Crippen LogP contribution < -0.4 is 4.74 Å². The molecule has 0 fully saturated rings. The van der Waals surface area contributed by atoms with Crippen LogP contribution in [0.4, 0.5) is 0 Å². The standard InChI is InChI=1S/C78H51N3O/c1-4-16-50(17-5-1)52-20-14-21-53(42-52)54-22-15-23-55(43-54)57-31-37-74-66(45-57)67-46-58(32-38-75(67)79(74)60-24-8-3-9-25-60)59-33-40-77-69(47-59)70-49-62(35-41-78(70)82-77)81-72-29-13-11-27-64(72)68-48-61(34-39-76(68)81)80-71-28-12-10-26-63(71)65-44-56(30-36-73(65)80)51-18-6-2-7-19-51/h1-49,70,78H. The molecule has 0 saturated heterocycles. The zero-order valence-corrected chi connectivity index (χ0v) is 44.7. The van der Waals surface area contributed by atoms with Crippen LogP contribution in [0.15, 0.2) is 297 Å². The van der Waals surface area contributed by atoms with Gasteiger partial charge in [0.15, 0.2) is 0 Å². The maximum atomic E-state index is 6.75. The number of para-hydroxylation sites is 3. The molecule has 4 nitrogen and oxygen atoms in total. The maximum Gasteiger partial charge on any atom is 0.128 e. The van der Waals surface area contributed by atoms with Gasteiger partial charge in [0.05, 0.1) is 33.1 Å². The number of hydrogen-bond donors (Lipinski definition) is 0. The maximum absolute atomic E-state index is 6.75. The molecule has 12 aromatic carbocycles. The summed E-state index contributed by atoms with van der Waals surface area (Å²) in [6.07, 6.45) is 6.86. The van der Waals surface area contributed by atoms with Crippen LogP contribution in [0.1, 0.15) is 11.5 Å². The van der Waals surface area contributed by atoms with Crippen molar-refractivity contribution in [3.63, 3.8) is 0 Å². The van der Waals surface area contributed by atoms with Crippen molar-refractivity contribution < 1.29 is 4.74 Å². The Kier molecular flexibility index (Phi) is 10.4. The number of ether oxygens (including phenoxy) is 1. The van der Waals surface area contributed by atoms with Crippen LogP contribution in [0.25, 0.3) is 138 Å². The summed E-state index contributed by atoms with van der Waals surface area (Å²) in [6, 6.07) is 102. The molecule has 0 amide bonds. The molecule has 15 aromatic rings. The van der Waals surface area contributed by atoms with E-state index in [-0.39, 0.29) is 12.0 Å². The second-order valence-electron chi connectivity index (χ2n) is 22.0. The van der Waals surface area contributed by atoms with Crippen molar-refractivity contribution in [1.29, 1.82) is 0 Å². The van der Waals surface area contributed by atoms with E-state index in [1.165, 1.54) is 127 Å². The van der Waals surface area contributed by atoms with Gasteiger partial charge in [0.2, 0.25) is 0 Å². The van der Waals surface area contributed by atoms with Crippen LogP contribution in [-0.4, -0.2) is 19.8 Å². The summed E-state index contributed by atoms with van der Waals surface area (Å²) in [5, 5.41) is 7.37. The molecule has 2 unspecified atom stereocenters.